The summed E-state index contributed by atoms with van der Waals surface area (Å²) in [6, 6.07) is 15.1. The van der Waals surface area contributed by atoms with Gasteiger partial charge in [-0.2, -0.15) is 0 Å². The van der Waals surface area contributed by atoms with Crippen molar-refractivity contribution in [3.8, 4) is 0 Å². The van der Waals surface area contributed by atoms with E-state index in [1.807, 2.05) is 24.3 Å². The van der Waals surface area contributed by atoms with Crippen LogP contribution in [0.5, 0.6) is 0 Å². The van der Waals surface area contributed by atoms with E-state index in [9.17, 15) is 9.18 Å². The standard InChI is InChI=1S/C23H28FN3O/c24-20-8-6-18(7-9-20)21-12-22(21)26-13-17-14-27(15-17)10-2-4-16-3-1-5-19(11-16)23(25)28/h1,3,5-9,11,17,21-22,26H,2,4,10,12-15H2,(H2,25,28). The van der Waals surface area contributed by atoms with E-state index < -0.39 is 0 Å². The average Bonchev–Trinajstić information content (AvgIpc) is 3.43. The normalized spacial score (nSPS) is 22.0. The van der Waals surface area contributed by atoms with Gasteiger partial charge in [-0.25, -0.2) is 4.39 Å². The zero-order valence-electron chi connectivity index (χ0n) is 16.1. The predicted octanol–water partition coefficient (Wildman–Crippen LogP) is 2.93. The summed E-state index contributed by atoms with van der Waals surface area (Å²) in [5.41, 5.74) is 8.35. The molecule has 0 radical (unpaired) electrons. The number of halogens is 1. The van der Waals surface area contributed by atoms with E-state index >= 15 is 0 Å². The third kappa shape index (κ3) is 4.78. The highest BCUT2D eigenvalue weighted by molar-refractivity contribution is 5.92. The van der Waals surface area contributed by atoms with E-state index in [-0.39, 0.29) is 11.7 Å². The van der Waals surface area contributed by atoms with Gasteiger partial charge in [-0.3, -0.25) is 4.79 Å². The van der Waals surface area contributed by atoms with Crippen LogP contribution in [0, 0.1) is 11.7 Å². The molecule has 0 spiro atoms. The fourth-order valence-electron chi connectivity index (χ4n) is 4.19. The number of rotatable bonds is 9. The smallest absolute Gasteiger partial charge is 0.248 e. The zero-order valence-corrected chi connectivity index (χ0v) is 16.1. The number of hydrogen-bond donors (Lipinski definition) is 2. The van der Waals surface area contributed by atoms with Crippen LogP contribution in [0.3, 0.4) is 0 Å². The molecule has 1 heterocycles. The number of hydrogen-bond acceptors (Lipinski definition) is 3. The summed E-state index contributed by atoms with van der Waals surface area (Å²) in [5.74, 6) is 0.752. The van der Waals surface area contributed by atoms with Crippen LogP contribution in [0.1, 0.15) is 40.2 Å². The first-order valence-electron chi connectivity index (χ1n) is 10.2. The van der Waals surface area contributed by atoms with Crippen LogP contribution in [0.15, 0.2) is 48.5 Å². The van der Waals surface area contributed by atoms with Gasteiger partial charge in [-0.1, -0.05) is 24.3 Å². The molecule has 0 bridgehead atoms. The highest BCUT2D eigenvalue weighted by Crippen LogP contribution is 2.40. The van der Waals surface area contributed by atoms with Gasteiger partial charge in [0.05, 0.1) is 0 Å². The first-order valence-corrected chi connectivity index (χ1v) is 10.2. The number of nitrogens with zero attached hydrogens (tertiary/aromatic N) is 1. The molecule has 1 aliphatic carbocycles. The molecule has 2 fully saturated rings. The highest BCUT2D eigenvalue weighted by atomic mass is 19.1. The van der Waals surface area contributed by atoms with Crippen LogP contribution in [-0.4, -0.2) is 43.0 Å². The van der Waals surface area contributed by atoms with Crippen molar-refractivity contribution in [3.63, 3.8) is 0 Å². The minimum atomic E-state index is -0.364. The molecule has 0 aromatic heterocycles. The Morgan fingerprint density at radius 3 is 2.71 bits per heavy atom. The van der Waals surface area contributed by atoms with E-state index in [4.69, 9.17) is 5.73 Å². The lowest BCUT2D eigenvalue weighted by molar-refractivity contribution is 0.0981. The second-order valence-electron chi connectivity index (χ2n) is 8.20. The van der Waals surface area contributed by atoms with Crippen molar-refractivity contribution in [1.29, 1.82) is 0 Å². The van der Waals surface area contributed by atoms with Crippen molar-refractivity contribution in [2.24, 2.45) is 11.7 Å². The minimum Gasteiger partial charge on any atom is -0.366 e. The van der Waals surface area contributed by atoms with Crippen molar-refractivity contribution in [2.45, 2.75) is 31.2 Å². The first kappa shape index (κ1) is 19.1. The van der Waals surface area contributed by atoms with Gasteiger partial charge < -0.3 is 16.0 Å². The summed E-state index contributed by atoms with van der Waals surface area (Å²) in [5, 5.41) is 3.68. The molecule has 1 amide bonds. The summed E-state index contributed by atoms with van der Waals surface area (Å²) >= 11 is 0. The maximum absolute atomic E-state index is 13.0. The molecule has 1 saturated carbocycles. The maximum Gasteiger partial charge on any atom is 0.248 e. The lowest BCUT2D eigenvalue weighted by Crippen LogP contribution is -2.51. The maximum atomic E-state index is 13.0. The van der Waals surface area contributed by atoms with Crippen molar-refractivity contribution in [3.05, 3.63) is 71.0 Å². The van der Waals surface area contributed by atoms with Gasteiger partial charge in [0.1, 0.15) is 5.82 Å². The molecule has 1 aliphatic heterocycles. The van der Waals surface area contributed by atoms with Crippen LogP contribution in [-0.2, 0) is 6.42 Å². The second-order valence-corrected chi connectivity index (χ2v) is 8.20. The van der Waals surface area contributed by atoms with Crippen molar-refractivity contribution in [2.75, 3.05) is 26.2 Å². The quantitative estimate of drug-likeness (QED) is 0.702. The van der Waals surface area contributed by atoms with Crippen molar-refractivity contribution >= 4 is 5.91 Å². The lowest BCUT2D eigenvalue weighted by atomic mass is 9.99. The summed E-state index contributed by atoms with van der Waals surface area (Å²) in [4.78, 5) is 13.7. The molecule has 2 aromatic rings. The van der Waals surface area contributed by atoms with Gasteiger partial charge in [0.15, 0.2) is 0 Å². The van der Waals surface area contributed by atoms with Crippen LogP contribution in [0.2, 0.25) is 0 Å². The SMILES string of the molecule is NC(=O)c1cccc(CCCN2CC(CNC3CC3c3ccc(F)cc3)C2)c1. The summed E-state index contributed by atoms with van der Waals surface area (Å²) in [6.45, 7) is 4.48. The minimum absolute atomic E-state index is 0.163. The van der Waals surface area contributed by atoms with E-state index in [0.29, 0.717) is 17.5 Å². The van der Waals surface area contributed by atoms with Crippen LogP contribution in [0.4, 0.5) is 4.39 Å². The molecule has 5 heteroatoms. The van der Waals surface area contributed by atoms with Crippen molar-refractivity contribution in [1.82, 2.24) is 10.2 Å². The monoisotopic (exact) mass is 381 g/mol. The molecular weight excluding hydrogens is 353 g/mol. The molecule has 4 rings (SSSR count). The Hall–Kier alpha value is -2.24. The molecule has 1 saturated heterocycles. The number of nitrogens with one attached hydrogen (secondary N) is 1. The Morgan fingerprint density at radius 1 is 1.18 bits per heavy atom. The highest BCUT2D eigenvalue weighted by Gasteiger charge is 2.39. The topological polar surface area (TPSA) is 58.4 Å². The predicted molar refractivity (Wildman–Crippen MR) is 109 cm³/mol. The van der Waals surface area contributed by atoms with E-state index in [2.05, 4.69) is 16.3 Å². The van der Waals surface area contributed by atoms with Gasteiger partial charge in [0.2, 0.25) is 5.91 Å². The van der Waals surface area contributed by atoms with Crippen LogP contribution < -0.4 is 11.1 Å². The largest absolute Gasteiger partial charge is 0.366 e. The molecule has 2 atom stereocenters. The number of nitrogens with two attached hydrogens (primary N) is 1. The fraction of sp³-hybridized carbons (Fsp3) is 0.435. The molecule has 2 aromatic carbocycles. The summed E-state index contributed by atoms with van der Waals surface area (Å²) in [6.07, 6.45) is 3.23. The molecule has 2 unspecified atom stereocenters. The lowest BCUT2D eigenvalue weighted by Gasteiger charge is -2.39. The third-order valence-electron chi connectivity index (χ3n) is 5.94. The number of benzene rings is 2. The first-order chi connectivity index (χ1) is 13.6. The Morgan fingerprint density at radius 2 is 1.96 bits per heavy atom. The van der Waals surface area contributed by atoms with E-state index in [1.54, 1.807) is 18.2 Å². The number of primary amides is 1. The van der Waals surface area contributed by atoms with E-state index in [0.717, 1.165) is 51.4 Å². The van der Waals surface area contributed by atoms with Gasteiger partial charge in [0, 0.05) is 37.2 Å². The van der Waals surface area contributed by atoms with Crippen molar-refractivity contribution < 1.29 is 9.18 Å². The molecule has 148 valence electrons. The molecule has 3 N–H and O–H groups in total. The Labute approximate surface area is 165 Å². The number of carbonyl (C=O) groups is 1. The van der Waals surface area contributed by atoms with Gasteiger partial charge in [-0.05, 0) is 67.1 Å². The van der Waals surface area contributed by atoms with Gasteiger partial charge >= 0.3 is 0 Å². The van der Waals surface area contributed by atoms with Gasteiger partial charge in [-0.15, -0.1) is 0 Å². The number of aryl methyl sites for hydroxylation is 1. The van der Waals surface area contributed by atoms with Crippen LogP contribution in [0.25, 0.3) is 0 Å². The average molecular weight is 381 g/mol. The Bertz CT molecular complexity index is 817. The third-order valence-corrected chi connectivity index (χ3v) is 5.94. The molecule has 4 nitrogen and oxygen atoms in total. The molecular formula is C23H28FN3O. The second kappa shape index (κ2) is 8.41. The summed E-state index contributed by atoms with van der Waals surface area (Å²) < 4.78 is 13.0. The van der Waals surface area contributed by atoms with Gasteiger partial charge in [0.25, 0.3) is 0 Å². The fourth-order valence-corrected chi connectivity index (χ4v) is 4.19. The molecule has 2 aliphatic rings. The number of carbonyl (C=O) groups excluding carboxylic acids is 1. The Balaban J connectivity index is 1.10. The van der Waals surface area contributed by atoms with E-state index in [1.165, 1.54) is 11.1 Å². The summed E-state index contributed by atoms with van der Waals surface area (Å²) in [7, 11) is 0. The molecule has 28 heavy (non-hydrogen) atoms. The van der Waals surface area contributed by atoms with Crippen LogP contribution >= 0.6 is 0 Å². The zero-order chi connectivity index (χ0) is 19.5. The Kier molecular flexibility index (Phi) is 5.74. The number of amides is 1. The number of likely N-dealkylation sites (tertiary alicyclic amines) is 1.